The number of hydrogen-bond acceptors (Lipinski definition) is 6. The van der Waals surface area contributed by atoms with Gasteiger partial charge in [0.2, 0.25) is 12.4 Å². The third-order valence-corrected chi connectivity index (χ3v) is 4.15. The molecule has 0 radical (unpaired) electrons. The minimum atomic E-state index is 0.507. The van der Waals surface area contributed by atoms with Gasteiger partial charge in [0, 0.05) is 37.7 Å². The minimum absolute atomic E-state index is 0.507. The van der Waals surface area contributed by atoms with Crippen LogP contribution in [-0.4, -0.2) is 59.2 Å². The summed E-state index contributed by atoms with van der Waals surface area (Å²) < 4.78 is 0. The molecule has 0 unspecified atom stereocenters. The van der Waals surface area contributed by atoms with Crippen molar-refractivity contribution in [1.29, 1.82) is 0 Å². The molecule has 1 N–H and O–H groups in total. The average molecular weight is 347 g/mol. The molecule has 3 rings (SSSR count). The maximum Gasteiger partial charge on any atom is 0.244 e. The van der Waals surface area contributed by atoms with E-state index in [4.69, 9.17) is 11.6 Å². The Morgan fingerprint density at radius 3 is 2.83 bits per heavy atom. The zero-order chi connectivity index (χ0) is 16.8. The number of rotatable bonds is 6. The number of anilines is 2. The van der Waals surface area contributed by atoms with Gasteiger partial charge >= 0.3 is 0 Å². The van der Waals surface area contributed by atoms with Gasteiger partial charge in [-0.25, -0.2) is 0 Å². The Morgan fingerprint density at radius 2 is 2.08 bits per heavy atom. The van der Waals surface area contributed by atoms with Gasteiger partial charge in [0.1, 0.15) is 0 Å². The normalized spacial score (nSPS) is 14.5. The van der Waals surface area contributed by atoms with Crippen LogP contribution in [0.3, 0.4) is 0 Å². The van der Waals surface area contributed by atoms with E-state index in [1.165, 1.54) is 0 Å². The second kappa shape index (κ2) is 7.92. The molecular weight excluding hydrogens is 328 g/mol. The number of piperazine rings is 1. The van der Waals surface area contributed by atoms with Crippen LogP contribution in [0.2, 0.25) is 5.02 Å². The molecular formula is C16H19ClN6O. The zero-order valence-electron chi connectivity index (χ0n) is 13.2. The van der Waals surface area contributed by atoms with E-state index in [1.807, 2.05) is 24.3 Å². The van der Waals surface area contributed by atoms with Gasteiger partial charge < -0.3 is 15.1 Å². The number of hydrogen-bond donors (Lipinski definition) is 1. The van der Waals surface area contributed by atoms with Crippen LogP contribution in [0, 0.1) is 0 Å². The number of nitrogens with zero attached hydrogens (tertiary/aromatic N) is 5. The van der Waals surface area contributed by atoms with Crippen LogP contribution in [0.15, 0.2) is 30.5 Å². The molecule has 0 atom stereocenters. The lowest BCUT2D eigenvalue weighted by molar-refractivity contribution is -0.118. The Bertz CT molecular complexity index is 690. The van der Waals surface area contributed by atoms with E-state index in [1.54, 1.807) is 11.1 Å². The first-order valence-corrected chi connectivity index (χ1v) is 8.25. The lowest BCUT2D eigenvalue weighted by Crippen LogP contribution is -2.46. The number of carbonyl (C=O) groups excluding carboxylic acids is 1. The number of benzene rings is 1. The zero-order valence-corrected chi connectivity index (χ0v) is 14.0. The molecule has 2 heterocycles. The third kappa shape index (κ3) is 4.32. The van der Waals surface area contributed by atoms with Gasteiger partial charge in [-0.3, -0.25) is 4.79 Å². The van der Waals surface area contributed by atoms with E-state index in [9.17, 15) is 4.79 Å². The number of carbonyl (C=O) groups is 1. The van der Waals surface area contributed by atoms with E-state index in [0.717, 1.165) is 42.3 Å². The summed E-state index contributed by atoms with van der Waals surface area (Å²) in [5, 5.41) is 12.0. The van der Waals surface area contributed by atoms with Crippen molar-refractivity contribution in [3.05, 3.63) is 41.0 Å². The Hall–Kier alpha value is -2.41. The van der Waals surface area contributed by atoms with E-state index >= 15 is 0 Å². The molecule has 7 nitrogen and oxygen atoms in total. The fraction of sp³-hybridized carbons (Fsp3) is 0.375. The molecule has 0 bridgehead atoms. The van der Waals surface area contributed by atoms with Crippen molar-refractivity contribution in [2.45, 2.75) is 6.42 Å². The van der Waals surface area contributed by atoms with Crippen LogP contribution in [0.1, 0.15) is 5.56 Å². The molecule has 1 saturated heterocycles. The highest BCUT2D eigenvalue weighted by atomic mass is 35.5. The van der Waals surface area contributed by atoms with Gasteiger partial charge in [-0.1, -0.05) is 23.7 Å². The summed E-state index contributed by atoms with van der Waals surface area (Å²) in [6.07, 6.45) is 3.36. The van der Waals surface area contributed by atoms with Gasteiger partial charge in [-0.05, 0) is 24.1 Å². The highest BCUT2D eigenvalue weighted by molar-refractivity contribution is 6.30. The van der Waals surface area contributed by atoms with E-state index in [2.05, 4.69) is 25.4 Å². The summed E-state index contributed by atoms with van der Waals surface area (Å²) in [5.41, 5.74) is 1.16. The molecule has 1 aromatic heterocycles. The molecule has 1 amide bonds. The van der Waals surface area contributed by atoms with Gasteiger partial charge in [0.25, 0.3) is 0 Å². The molecule has 126 valence electrons. The lowest BCUT2D eigenvalue weighted by Gasteiger charge is -2.33. The number of nitrogens with one attached hydrogen (secondary N) is 1. The van der Waals surface area contributed by atoms with Crippen molar-refractivity contribution in [1.82, 2.24) is 20.1 Å². The smallest absolute Gasteiger partial charge is 0.244 e. The van der Waals surface area contributed by atoms with Gasteiger partial charge in [-0.2, -0.15) is 10.1 Å². The molecule has 1 aliphatic heterocycles. The monoisotopic (exact) mass is 346 g/mol. The van der Waals surface area contributed by atoms with Gasteiger partial charge in [0.15, 0.2) is 5.82 Å². The Balaban J connectivity index is 1.54. The highest BCUT2D eigenvalue weighted by Gasteiger charge is 2.17. The van der Waals surface area contributed by atoms with Gasteiger partial charge in [0.05, 0.1) is 6.20 Å². The Morgan fingerprint density at radius 1 is 1.25 bits per heavy atom. The molecule has 0 spiro atoms. The van der Waals surface area contributed by atoms with Crippen molar-refractivity contribution >= 4 is 29.8 Å². The van der Waals surface area contributed by atoms with Gasteiger partial charge in [-0.15, -0.1) is 5.10 Å². The quantitative estimate of drug-likeness (QED) is 0.798. The lowest BCUT2D eigenvalue weighted by atomic mass is 10.1. The maximum atomic E-state index is 10.8. The van der Waals surface area contributed by atoms with Crippen molar-refractivity contribution in [2.24, 2.45) is 0 Å². The van der Waals surface area contributed by atoms with Crippen molar-refractivity contribution < 1.29 is 4.79 Å². The number of amides is 1. The summed E-state index contributed by atoms with van der Waals surface area (Å²) >= 11 is 5.98. The second-order valence-corrected chi connectivity index (χ2v) is 6.01. The SMILES string of the molecule is O=CN1CCN(c2cnnc(NCCc3cccc(Cl)c3)n2)CC1. The van der Waals surface area contributed by atoms with Crippen LogP contribution < -0.4 is 10.2 Å². The maximum absolute atomic E-state index is 10.8. The summed E-state index contributed by atoms with van der Waals surface area (Å²) in [5.74, 6) is 1.29. The van der Waals surface area contributed by atoms with E-state index in [0.29, 0.717) is 25.6 Å². The largest absolute Gasteiger partial charge is 0.353 e. The van der Waals surface area contributed by atoms with E-state index < -0.39 is 0 Å². The molecule has 0 aliphatic carbocycles. The second-order valence-electron chi connectivity index (χ2n) is 5.57. The molecule has 8 heteroatoms. The van der Waals surface area contributed by atoms with Crippen molar-refractivity contribution in [3.8, 4) is 0 Å². The fourth-order valence-corrected chi connectivity index (χ4v) is 2.80. The molecule has 1 aromatic carbocycles. The standard InChI is InChI=1S/C16H19ClN6O/c17-14-3-1-2-13(10-14)4-5-18-16-20-15(11-19-21-16)23-8-6-22(12-24)7-9-23/h1-3,10-12H,4-9H2,(H,18,20,21). The minimum Gasteiger partial charge on any atom is -0.353 e. The number of aromatic nitrogens is 3. The first-order chi connectivity index (χ1) is 11.7. The predicted molar refractivity (Wildman–Crippen MR) is 93.3 cm³/mol. The number of halogens is 1. The van der Waals surface area contributed by atoms with Crippen LogP contribution >= 0.6 is 11.6 Å². The highest BCUT2D eigenvalue weighted by Crippen LogP contribution is 2.14. The first kappa shape index (κ1) is 16.4. The molecule has 2 aromatic rings. The predicted octanol–water partition coefficient (Wildman–Crippen LogP) is 1.46. The molecule has 1 fully saturated rings. The van der Waals surface area contributed by atoms with Crippen LogP contribution in [0.25, 0.3) is 0 Å². The summed E-state index contributed by atoms with van der Waals surface area (Å²) in [6.45, 7) is 3.60. The van der Waals surface area contributed by atoms with E-state index in [-0.39, 0.29) is 0 Å². The third-order valence-electron chi connectivity index (χ3n) is 3.92. The summed E-state index contributed by atoms with van der Waals surface area (Å²) in [4.78, 5) is 19.1. The van der Waals surface area contributed by atoms with Crippen molar-refractivity contribution in [3.63, 3.8) is 0 Å². The Kier molecular flexibility index (Phi) is 5.43. The summed E-state index contributed by atoms with van der Waals surface area (Å²) in [6, 6.07) is 7.79. The topological polar surface area (TPSA) is 74.2 Å². The van der Waals surface area contributed by atoms with Crippen LogP contribution in [-0.2, 0) is 11.2 Å². The van der Waals surface area contributed by atoms with Crippen LogP contribution in [0.5, 0.6) is 0 Å². The fourth-order valence-electron chi connectivity index (χ4n) is 2.59. The van der Waals surface area contributed by atoms with Crippen LogP contribution in [0.4, 0.5) is 11.8 Å². The average Bonchev–Trinajstić information content (AvgIpc) is 2.62. The molecule has 24 heavy (non-hydrogen) atoms. The molecule has 0 saturated carbocycles. The summed E-state index contributed by atoms with van der Waals surface area (Å²) in [7, 11) is 0. The first-order valence-electron chi connectivity index (χ1n) is 7.87. The Labute approximate surface area is 145 Å². The van der Waals surface area contributed by atoms with Crippen molar-refractivity contribution in [2.75, 3.05) is 42.9 Å². The molecule has 1 aliphatic rings.